The third-order valence-corrected chi connectivity index (χ3v) is 7.24. The molecule has 0 saturated heterocycles. The van der Waals surface area contributed by atoms with Gasteiger partial charge in [-0.25, -0.2) is 9.55 Å². The first-order valence-electron chi connectivity index (χ1n) is 7.23. The Bertz CT molecular complexity index is 1100. The van der Waals surface area contributed by atoms with Gasteiger partial charge in [0.25, 0.3) is 0 Å². The van der Waals surface area contributed by atoms with Gasteiger partial charge >= 0.3 is 7.75 Å². The van der Waals surface area contributed by atoms with E-state index >= 15 is 0 Å². The van der Waals surface area contributed by atoms with E-state index in [4.69, 9.17) is 0 Å². The molecule has 0 atom stereocenters. The molecule has 0 aliphatic carbocycles. The smallest absolute Gasteiger partial charge is 0.308 e. The highest BCUT2D eigenvalue weighted by Crippen LogP contribution is 2.44. The summed E-state index contributed by atoms with van der Waals surface area (Å²) >= 11 is 7.64. The number of rotatable bonds is 5. The second-order valence-electron chi connectivity index (χ2n) is 5.33. The van der Waals surface area contributed by atoms with Crippen LogP contribution in [0.2, 0.25) is 0 Å². The molecule has 1 aromatic carbocycles. The number of thiazole rings is 1. The van der Waals surface area contributed by atoms with Gasteiger partial charge in [-0.2, -0.15) is 0 Å². The van der Waals surface area contributed by atoms with Crippen LogP contribution in [0.5, 0.6) is 0 Å². The van der Waals surface area contributed by atoms with E-state index in [1.165, 1.54) is 11.4 Å². The molecule has 2 aromatic heterocycles. The summed E-state index contributed by atoms with van der Waals surface area (Å²) < 4.78 is 13.8. The van der Waals surface area contributed by atoms with Crippen molar-refractivity contribution >= 4 is 73.4 Å². The second-order valence-corrected chi connectivity index (χ2v) is 9.35. The predicted molar refractivity (Wildman–Crippen MR) is 105 cm³/mol. The Labute approximate surface area is 168 Å². The summed E-state index contributed by atoms with van der Waals surface area (Å²) in [5.41, 5.74) is 0.517. The molecule has 0 unspecified atom stereocenters. The fourth-order valence-corrected chi connectivity index (χ4v) is 4.56. The number of fused-ring (bicyclic) bond motifs is 1. The van der Waals surface area contributed by atoms with Gasteiger partial charge in [-0.3, -0.25) is 13.9 Å². The lowest BCUT2D eigenvalue weighted by Gasteiger charge is -2.07. The highest BCUT2D eigenvalue weighted by Gasteiger charge is 2.27. The summed E-state index contributed by atoms with van der Waals surface area (Å²) in [6.07, 6.45) is 1.39. The molecule has 0 amide bonds. The molecule has 2 heterocycles. The number of Topliss-reactive ketones (excluding diaryl/α,β-unsaturated/α-hetero) is 1. The van der Waals surface area contributed by atoms with E-state index in [9.17, 15) is 23.9 Å². The van der Waals surface area contributed by atoms with Crippen LogP contribution in [0.3, 0.4) is 0 Å². The standard InChI is InChI=1S/C15H11Br2N2O5PS/c1-2-13(20)11-6-26-15(18-11)14(21)8-5-19(25(22,23)24)12-4-10(17)9(16)3-7(8)12/h3-6H,2H2,1H3,(H2,22,23,24). The van der Waals surface area contributed by atoms with E-state index in [-0.39, 0.29) is 34.0 Å². The number of ketones is 2. The van der Waals surface area contributed by atoms with Gasteiger partial charge in [0, 0.05) is 32.3 Å². The summed E-state index contributed by atoms with van der Waals surface area (Å²) in [6.45, 7) is 1.70. The summed E-state index contributed by atoms with van der Waals surface area (Å²) in [6, 6.07) is 3.12. The summed E-state index contributed by atoms with van der Waals surface area (Å²) in [5, 5.41) is 1.96. The van der Waals surface area contributed by atoms with Crippen LogP contribution in [0.25, 0.3) is 10.9 Å². The third kappa shape index (κ3) is 3.49. The highest BCUT2D eigenvalue weighted by atomic mass is 79.9. The molecule has 0 radical (unpaired) electrons. The van der Waals surface area contributed by atoms with E-state index < -0.39 is 13.5 Å². The normalized spacial score (nSPS) is 11.9. The Hall–Kier alpha value is -1.16. The molecule has 11 heteroatoms. The average molecular weight is 522 g/mol. The monoisotopic (exact) mass is 520 g/mol. The molecule has 2 N–H and O–H groups in total. The minimum absolute atomic E-state index is 0.0885. The molecule has 0 saturated carbocycles. The molecule has 0 spiro atoms. The Morgan fingerprint density at radius 3 is 2.54 bits per heavy atom. The number of benzene rings is 1. The summed E-state index contributed by atoms with van der Waals surface area (Å²) in [5.74, 6) is -0.679. The fraction of sp³-hybridized carbons (Fsp3) is 0.133. The van der Waals surface area contributed by atoms with Crippen molar-refractivity contribution in [3.63, 3.8) is 0 Å². The molecule has 3 aromatic rings. The molecule has 0 fully saturated rings. The fourth-order valence-electron chi connectivity index (χ4n) is 2.40. The van der Waals surface area contributed by atoms with Crippen molar-refractivity contribution in [1.82, 2.24) is 9.32 Å². The number of halogens is 2. The zero-order valence-electron chi connectivity index (χ0n) is 13.1. The van der Waals surface area contributed by atoms with Crippen molar-refractivity contribution in [3.8, 4) is 0 Å². The molecule has 3 rings (SSSR count). The number of hydrogen-bond donors (Lipinski definition) is 2. The predicted octanol–water partition coefficient (Wildman–Crippen LogP) is 4.39. The Balaban J connectivity index is 2.20. The average Bonchev–Trinajstić information content (AvgIpc) is 3.19. The molecular formula is C15H11Br2N2O5PS. The van der Waals surface area contributed by atoms with Crippen LogP contribution in [0.1, 0.15) is 39.2 Å². The minimum Gasteiger partial charge on any atom is -0.308 e. The lowest BCUT2D eigenvalue weighted by atomic mass is 10.1. The van der Waals surface area contributed by atoms with E-state index in [0.29, 0.717) is 14.3 Å². The molecule has 26 heavy (non-hydrogen) atoms. The third-order valence-electron chi connectivity index (χ3n) is 3.66. The molecule has 0 aliphatic rings. The number of carbonyl (C=O) groups excluding carboxylic acids is 2. The minimum atomic E-state index is -4.67. The van der Waals surface area contributed by atoms with Gasteiger partial charge in [0.15, 0.2) is 10.8 Å². The lowest BCUT2D eigenvalue weighted by molar-refractivity contribution is 0.0984. The molecule has 136 valence electrons. The van der Waals surface area contributed by atoms with Crippen molar-refractivity contribution in [2.75, 3.05) is 0 Å². The van der Waals surface area contributed by atoms with Gasteiger partial charge in [-0.15, -0.1) is 11.3 Å². The number of aromatic nitrogens is 2. The Morgan fingerprint density at radius 2 is 1.92 bits per heavy atom. The van der Waals surface area contributed by atoms with Crippen LogP contribution >= 0.6 is 50.9 Å². The van der Waals surface area contributed by atoms with Crippen LogP contribution in [0.4, 0.5) is 0 Å². The number of hydrogen-bond acceptors (Lipinski definition) is 5. The summed E-state index contributed by atoms with van der Waals surface area (Å²) in [7, 11) is -4.67. The van der Waals surface area contributed by atoms with Crippen LogP contribution in [0.15, 0.2) is 32.7 Å². The van der Waals surface area contributed by atoms with Gasteiger partial charge in [-0.1, -0.05) is 6.92 Å². The molecular weight excluding hydrogens is 511 g/mol. The molecule has 7 nitrogen and oxygen atoms in total. The first-order valence-corrected chi connectivity index (χ1v) is 11.3. The lowest BCUT2D eigenvalue weighted by Crippen LogP contribution is -2.03. The van der Waals surface area contributed by atoms with E-state index in [2.05, 4.69) is 36.8 Å². The van der Waals surface area contributed by atoms with E-state index in [0.717, 1.165) is 21.9 Å². The first kappa shape index (κ1) is 19.6. The second kappa shape index (κ2) is 7.10. The van der Waals surface area contributed by atoms with E-state index in [1.807, 2.05) is 0 Å². The van der Waals surface area contributed by atoms with Crippen LogP contribution in [-0.2, 0) is 4.57 Å². The SMILES string of the molecule is CCC(=O)c1csc(C(=O)c2cn(P(=O)(O)O)c3cc(Br)c(Br)cc23)n1. The maximum Gasteiger partial charge on any atom is 0.434 e. The van der Waals surface area contributed by atoms with Crippen LogP contribution in [-0.4, -0.2) is 30.7 Å². The van der Waals surface area contributed by atoms with Gasteiger partial charge in [0.2, 0.25) is 5.78 Å². The maximum atomic E-state index is 12.9. The number of nitrogens with zero attached hydrogens (tertiary/aromatic N) is 2. The van der Waals surface area contributed by atoms with Crippen molar-refractivity contribution in [3.05, 3.63) is 48.9 Å². The van der Waals surface area contributed by atoms with Crippen LogP contribution in [0, 0.1) is 0 Å². The molecule has 0 aliphatic heterocycles. The Kier molecular flexibility index (Phi) is 5.35. The summed E-state index contributed by atoms with van der Waals surface area (Å²) in [4.78, 5) is 47.9. The number of carbonyl (C=O) groups is 2. The first-order chi connectivity index (χ1) is 12.1. The van der Waals surface area contributed by atoms with Gasteiger partial charge in [0.05, 0.1) is 11.1 Å². The van der Waals surface area contributed by atoms with Gasteiger partial charge in [-0.05, 0) is 44.0 Å². The quantitative estimate of drug-likeness (QED) is 0.380. The van der Waals surface area contributed by atoms with Gasteiger partial charge in [0.1, 0.15) is 5.69 Å². The highest BCUT2D eigenvalue weighted by molar-refractivity contribution is 9.13. The topological polar surface area (TPSA) is 109 Å². The maximum absolute atomic E-state index is 12.9. The zero-order valence-corrected chi connectivity index (χ0v) is 18.0. The van der Waals surface area contributed by atoms with Crippen LogP contribution < -0.4 is 0 Å². The van der Waals surface area contributed by atoms with Crippen molar-refractivity contribution in [1.29, 1.82) is 0 Å². The van der Waals surface area contributed by atoms with Crippen molar-refractivity contribution < 1.29 is 23.9 Å². The Morgan fingerprint density at radius 1 is 1.27 bits per heavy atom. The van der Waals surface area contributed by atoms with Crippen molar-refractivity contribution in [2.24, 2.45) is 0 Å². The zero-order chi connectivity index (χ0) is 19.2. The van der Waals surface area contributed by atoms with E-state index in [1.54, 1.807) is 13.0 Å². The molecule has 0 bridgehead atoms. The largest absolute Gasteiger partial charge is 0.434 e. The van der Waals surface area contributed by atoms with Gasteiger partial charge < -0.3 is 9.79 Å². The van der Waals surface area contributed by atoms with Crippen molar-refractivity contribution in [2.45, 2.75) is 13.3 Å².